The second-order valence-electron chi connectivity index (χ2n) is 10.5. The molecule has 0 aromatic heterocycles. The Hall–Kier alpha value is -3.14. The fourth-order valence-electron chi connectivity index (χ4n) is 5.10. The van der Waals surface area contributed by atoms with Crippen molar-refractivity contribution in [3.8, 4) is 0 Å². The molecule has 0 aliphatic heterocycles. The van der Waals surface area contributed by atoms with Gasteiger partial charge in [-0.1, -0.05) is 66.7 Å². The minimum absolute atomic E-state index is 0.00580. The largest absolute Gasteiger partial charge is 0.352 e. The van der Waals surface area contributed by atoms with E-state index < -0.39 is 34.3 Å². The highest BCUT2D eigenvalue weighted by Crippen LogP contribution is 2.27. The number of carbonyl (C=O) groups is 2. The molecule has 1 saturated carbocycles. The molecule has 0 heterocycles. The molecule has 1 fully saturated rings. The van der Waals surface area contributed by atoms with Gasteiger partial charge < -0.3 is 10.2 Å². The number of nitrogens with zero attached hydrogens (tertiary/aromatic N) is 2. The molecule has 1 aliphatic carbocycles. The molecule has 0 radical (unpaired) electrons. The van der Waals surface area contributed by atoms with Crippen LogP contribution in [0.15, 0.2) is 71.6 Å². The highest BCUT2D eigenvalue weighted by molar-refractivity contribution is 7.92. The van der Waals surface area contributed by atoms with Gasteiger partial charge in [0.15, 0.2) is 0 Å². The lowest BCUT2D eigenvalue weighted by Crippen LogP contribution is -2.53. The quantitative estimate of drug-likeness (QED) is 0.261. The lowest BCUT2D eigenvalue weighted by atomic mass is 10.1. The lowest BCUT2D eigenvalue weighted by Gasteiger charge is -2.34. The third-order valence-electron chi connectivity index (χ3n) is 7.43. The number of rotatable bonds is 11. The average molecular weight is 635 g/mol. The Morgan fingerprint density at radius 3 is 2.21 bits per heavy atom. The molecule has 1 aliphatic rings. The molecule has 0 spiro atoms. The minimum Gasteiger partial charge on any atom is -0.352 e. The van der Waals surface area contributed by atoms with Crippen LogP contribution in [0.25, 0.3) is 0 Å². The van der Waals surface area contributed by atoms with Gasteiger partial charge in [-0.2, -0.15) is 0 Å². The van der Waals surface area contributed by atoms with Crippen molar-refractivity contribution < 1.29 is 22.4 Å². The molecule has 3 aromatic rings. The van der Waals surface area contributed by atoms with Crippen LogP contribution in [0.5, 0.6) is 0 Å². The summed E-state index contributed by atoms with van der Waals surface area (Å²) < 4.78 is 42.5. The first-order valence-electron chi connectivity index (χ1n) is 13.9. The Morgan fingerprint density at radius 2 is 1.62 bits per heavy atom. The molecule has 0 unspecified atom stereocenters. The summed E-state index contributed by atoms with van der Waals surface area (Å²) in [6.07, 6.45) is 4.09. The number of nitrogens with one attached hydrogen (secondary N) is 1. The zero-order valence-corrected chi connectivity index (χ0v) is 25.9. The number of halogens is 3. The number of hydrogen-bond acceptors (Lipinski definition) is 4. The predicted molar refractivity (Wildman–Crippen MR) is 164 cm³/mol. The van der Waals surface area contributed by atoms with Crippen molar-refractivity contribution in [1.82, 2.24) is 10.2 Å². The fourth-order valence-corrected chi connectivity index (χ4v) is 6.83. The molecule has 4 rings (SSSR count). The van der Waals surface area contributed by atoms with E-state index in [0.29, 0.717) is 22.0 Å². The van der Waals surface area contributed by atoms with Crippen LogP contribution < -0.4 is 9.62 Å². The summed E-state index contributed by atoms with van der Waals surface area (Å²) in [4.78, 5) is 29.0. The molecule has 7 nitrogen and oxygen atoms in total. The van der Waals surface area contributed by atoms with Crippen molar-refractivity contribution in [2.24, 2.45) is 0 Å². The number of aryl methyl sites for hydroxylation is 1. The van der Waals surface area contributed by atoms with Crippen molar-refractivity contribution >= 4 is 50.7 Å². The van der Waals surface area contributed by atoms with Crippen molar-refractivity contribution in [2.45, 2.75) is 69.5 Å². The Bertz CT molecular complexity index is 1510. The summed E-state index contributed by atoms with van der Waals surface area (Å²) in [5.41, 5.74) is 1.60. The maximum absolute atomic E-state index is 14.1. The van der Waals surface area contributed by atoms with Crippen molar-refractivity contribution in [3.05, 3.63) is 93.7 Å². The molecule has 0 bridgehead atoms. The number of hydrogen-bond donors (Lipinski definition) is 1. The van der Waals surface area contributed by atoms with Gasteiger partial charge in [0.2, 0.25) is 11.8 Å². The second-order valence-corrected chi connectivity index (χ2v) is 13.2. The van der Waals surface area contributed by atoms with Crippen LogP contribution >= 0.6 is 23.2 Å². The number of sulfonamides is 1. The Labute approximate surface area is 256 Å². The topological polar surface area (TPSA) is 86.8 Å². The first-order valence-corrected chi connectivity index (χ1v) is 16.1. The molecule has 11 heteroatoms. The van der Waals surface area contributed by atoms with Gasteiger partial charge in [-0.15, -0.1) is 0 Å². The van der Waals surface area contributed by atoms with E-state index in [1.54, 1.807) is 37.3 Å². The zero-order chi connectivity index (χ0) is 30.4. The van der Waals surface area contributed by atoms with Gasteiger partial charge in [0, 0.05) is 12.6 Å². The van der Waals surface area contributed by atoms with E-state index in [4.69, 9.17) is 23.2 Å². The van der Waals surface area contributed by atoms with Crippen LogP contribution in [0.3, 0.4) is 0 Å². The van der Waals surface area contributed by atoms with E-state index in [-0.39, 0.29) is 29.1 Å². The highest BCUT2D eigenvalue weighted by atomic mass is 35.5. The van der Waals surface area contributed by atoms with Crippen LogP contribution in [0.2, 0.25) is 10.0 Å². The standard InChI is InChI=1S/C31H34Cl2FN3O4S/c1-3-29(31(39)35-24-6-4-5-7-24)36(19-22-10-17-27(32)28(33)18-22)30(38)20-37(25-13-11-23(34)12-14-25)42(40,41)26-15-8-21(2)9-16-26/h8-18,24,29H,3-7,19-20H2,1-2H3,(H,35,39)/t29-/m1/s1. The molecule has 2 amide bonds. The van der Waals surface area contributed by atoms with E-state index in [9.17, 15) is 22.4 Å². The normalized spacial score (nSPS) is 14.4. The van der Waals surface area contributed by atoms with Gasteiger partial charge in [0.1, 0.15) is 18.4 Å². The zero-order valence-electron chi connectivity index (χ0n) is 23.5. The van der Waals surface area contributed by atoms with Crippen molar-refractivity contribution in [1.29, 1.82) is 0 Å². The Balaban J connectivity index is 1.72. The molecule has 1 atom stereocenters. The van der Waals surface area contributed by atoms with E-state index in [0.717, 1.165) is 47.7 Å². The molecule has 1 N–H and O–H groups in total. The van der Waals surface area contributed by atoms with Gasteiger partial charge in [0.05, 0.1) is 20.6 Å². The van der Waals surface area contributed by atoms with Crippen molar-refractivity contribution in [2.75, 3.05) is 10.8 Å². The smallest absolute Gasteiger partial charge is 0.264 e. The van der Waals surface area contributed by atoms with Gasteiger partial charge >= 0.3 is 0 Å². The maximum atomic E-state index is 14.1. The fraction of sp³-hybridized carbons (Fsp3) is 0.355. The first-order chi connectivity index (χ1) is 20.0. The lowest BCUT2D eigenvalue weighted by molar-refractivity contribution is -0.140. The number of anilines is 1. The van der Waals surface area contributed by atoms with Crippen LogP contribution in [0.1, 0.15) is 50.2 Å². The van der Waals surface area contributed by atoms with Gasteiger partial charge in [-0.25, -0.2) is 12.8 Å². The molecular formula is C31H34Cl2FN3O4S. The summed E-state index contributed by atoms with van der Waals surface area (Å²) in [6.45, 7) is 3.01. The summed E-state index contributed by atoms with van der Waals surface area (Å²) >= 11 is 12.4. The number of amides is 2. The maximum Gasteiger partial charge on any atom is 0.264 e. The monoisotopic (exact) mass is 633 g/mol. The van der Waals surface area contributed by atoms with E-state index in [1.165, 1.54) is 29.2 Å². The van der Waals surface area contributed by atoms with Crippen LogP contribution in [-0.2, 0) is 26.2 Å². The number of benzene rings is 3. The summed E-state index contributed by atoms with van der Waals surface area (Å²) in [5, 5.41) is 3.71. The summed E-state index contributed by atoms with van der Waals surface area (Å²) in [6, 6.07) is 15.2. The minimum atomic E-state index is -4.24. The van der Waals surface area contributed by atoms with Gasteiger partial charge in [0.25, 0.3) is 10.0 Å². The average Bonchev–Trinajstić information content (AvgIpc) is 3.47. The van der Waals surface area contributed by atoms with Gasteiger partial charge in [-0.05, 0) is 80.3 Å². The first kappa shape index (κ1) is 31.8. The van der Waals surface area contributed by atoms with E-state index in [2.05, 4.69) is 5.32 Å². The van der Waals surface area contributed by atoms with Crippen molar-refractivity contribution in [3.63, 3.8) is 0 Å². The van der Waals surface area contributed by atoms with Crippen LogP contribution in [0, 0.1) is 12.7 Å². The molecule has 224 valence electrons. The van der Waals surface area contributed by atoms with Gasteiger partial charge in [-0.3, -0.25) is 13.9 Å². The highest BCUT2D eigenvalue weighted by Gasteiger charge is 2.34. The molecule has 3 aromatic carbocycles. The predicted octanol–water partition coefficient (Wildman–Crippen LogP) is 6.50. The number of carbonyl (C=O) groups excluding carboxylic acids is 2. The summed E-state index contributed by atoms with van der Waals surface area (Å²) in [7, 11) is -4.24. The van der Waals surface area contributed by atoms with Crippen LogP contribution in [0.4, 0.5) is 10.1 Å². The molecule has 42 heavy (non-hydrogen) atoms. The SMILES string of the molecule is CC[C@H](C(=O)NC1CCCC1)N(Cc1ccc(Cl)c(Cl)c1)C(=O)CN(c1ccc(F)cc1)S(=O)(=O)c1ccc(C)cc1. The summed E-state index contributed by atoms with van der Waals surface area (Å²) in [5.74, 6) is -1.45. The Morgan fingerprint density at radius 1 is 0.976 bits per heavy atom. The van der Waals surface area contributed by atoms with Crippen LogP contribution in [-0.4, -0.2) is 43.8 Å². The Kier molecular flexibility index (Phi) is 10.5. The third kappa shape index (κ3) is 7.62. The second kappa shape index (κ2) is 13.9. The van der Waals surface area contributed by atoms with E-state index in [1.807, 2.05) is 6.92 Å². The molecule has 0 saturated heterocycles. The molecular weight excluding hydrogens is 600 g/mol. The third-order valence-corrected chi connectivity index (χ3v) is 9.95. The van der Waals surface area contributed by atoms with E-state index >= 15 is 0 Å².